The zero-order valence-corrected chi connectivity index (χ0v) is 8.50. The van der Waals surface area contributed by atoms with E-state index in [2.05, 4.69) is 17.6 Å². The summed E-state index contributed by atoms with van der Waals surface area (Å²) < 4.78 is 0. The first-order valence-corrected chi connectivity index (χ1v) is 4.90. The fourth-order valence-electron chi connectivity index (χ4n) is 1.31. The number of thiol groups is 1. The molecule has 0 aromatic heterocycles. The summed E-state index contributed by atoms with van der Waals surface area (Å²) in [6.45, 7) is 0.970. The Morgan fingerprint density at radius 1 is 1.85 bits per heavy atom. The Kier molecular flexibility index (Phi) is 3.59. The quantitative estimate of drug-likeness (QED) is 0.655. The van der Waals surface area contributed by atoms with Crippen molar-refractivity contribution < 1.29 is 9.90 Å². The molecule has 0 saturated carbocycles. The van der Waals surface area contributed by atoms with Crippen molar-refractivity contribution in [1.29, 1.82) is 0 Å². The number of likely N-dealkylation sites (tertiary alicyclic amines) is 1. The minimum Gasteiger partial charge on any atom is -0.480 e. The van der Waals surface area contributed by atoms with Gasteiger partial charge in [0.1, 0.15) is 0 Å². The van der Waals surface area contributed by atoms with Crippen molar-refractivity contribution >= 4 is 24.4 Å². The number of amidine groups is 1. The van der Waals surface area contributed by atoms with E-state index in [1.54, 1.807) is 0 Å². The van der Waals surface area contributed by atoms with Gasteiger partial charge in [-0.2, -0.15) is 12.6 Å². The molecule has 4 nitrogen and oxygen atoms in total. The molecule has 0 radical (unpaired) electrons. The SMILES string of the molecule is CN1CCCC1=N[C@@H](CS)C(=O)O. The highest BCUT2D eigenvalue weighted by molar-refractivity contribution is 7.80. The second kappa shape index (κ2) is 4.50. The number of carboxylic acids is 1. The van der Waals surface area contributed by atoms with Crippen LogP contribution in [0.25, 0.3) is 0 Å². The molecular weight excluding hydrogens is 188 g/mol. The Morgan fingerprint density at radius 3 is 2.92 bits per heavy atom. The fourth-order valence-corrected chi connectivity index (χ4v) is 1.55. The molecule has 1 aliphatic rings. The van der Waals surface area contributed by atoms with E-state index < -0.39 is 12.0 Å². The van der Waals surface area contributed by atoms with Crippen LogP contribution in [0.4, 0.5) is 0 Å². The second-order valence-corrected chi connectivity index (χ2v) is 3.47. The third-order valence-electron chi connectivity index (χ3n) is 2.10. The second-order valence-electron chi connectivity index (χ2n) is 3.11. The van der Waals surface area contributed by atoms with Crippen LogP contribution in [0, 0.1) is 0 Å². The number of nitrogens with zero attached hydrogens (tertiary/aromatic N) is 2. The highest BCUT2D eigenvalue weighted by atomic mass is 32.1. The van der Waals surface area contributed by atoms with Crippen molar-refractivity contribution in [2.75, 3.05) is 19.3 Å². The predicted octanol–water partition coefficient (Wildman–Crippen LogP) is 0.494. The molecule has 1 heterocycles. The Bertz CT molecular complexity index is 230. The van der Waals surface area contributed by atoms with E-state index >= 15 is 0 Å². The number of hydrogen-bond donors (Lipinski definition) is 2. The molecule has 0 aliphatic carbocycles. The lowest BCUT2D eigenvalue weighted by atomic mass is 10.3. The van der Waals surface area contributed by atoms with Crippen molar-refractivity contribution in [2.24, 2.45) is 4.99 Å². The predicted molar refractivity (Wildman–Crippen MR) is 54.6 cm³/mol. The Hall–Kier alpha value is -0.710. The van der Waals surface area contributed by atoms with Gasteiger partial charge in [-0.3, -0.25) is 4.99 Å². The Labute approximate surface area is 83.1 Å². The van der Waals surface area contributed by atoms with E-state index in [9.17, 15) is 4.79 Å². The maximum atomic E-state index is 10.7. The summed E-state index contributed by atoms with van der Waals surface area (Å²) in [7, 11) is 1.93. The van der Waals surface area contributed by atoms with Gasteiger partial charge in [-0.1, -0.05) is 0 Å². The lowest BCUT2D eigenvalue weighted by Crippen LogP contribution is -2.26. The summed E-state index contributed by atoms with van der Waals surface area (Å²) in [5.41, 5.74) is 0. The van der Waals surface area contributed by atoms with Crippen LogP contribution in [0.2, 0.25) is 0 Å². The van der Waals surface area contributed by atoms with Gasteiger partial charge in [0.25, 0.3) is 0 Å². The molecule has 0 amide bonds. The van der Waals surface area contributed by atoms with Crippen LogP contribution in [0.3, 0.4) is 0 Å². The van der Waals surface area contributed by atoms with Gasteiger partial charge in [0.05, 0.1) is 5.84 Å². The maximum absolute atomic E-state index is 10.7. The minimum atomic E-state index is -0.900. The zero-order chi connectivity index (χ0) is 9.84. The van der Waals surface area contributed by atoms with Crippen LogP contribution in [0.1, 0.15) is 12.8 Å². The third kappa shape index (κ3) is 2.62. The zero-order valence-electron chi connectivity index (χ0n) is 7.60. The lowest BCUT2D eigenvalue weighted by molar-refractivity contribution is -0.137. The molecule has 0 unspecified atom stereocenters. The van der Waals surface area contributed by atoms with Gasteiger partial charge in [0, 0.05) is 25.8 Å². The molecular formula is C8H14N2O2S. The molecule has 1 rings (SSSR count). The van der Waals surface area contributed by atoms with Crippen LogP contribution in [-0.2, 0) is 4.79 Å². The summed E-state index contributed by atoms with van der Waals surface area (Å²) in [6, 6.07) is -0.695. The highest BCUT2D eigenvalue weighted by Crippen LogP contribution is 2.10. The Morgan fingerprint density at radius 2 is 2.54 bits per heavy atom. The number of carboxylic acid groups (broad SMARTS) is 1. The minimum absolute atomic E-state index is 0.257. The normalized spacial score (nSPS) is 22.3. The van der Waals surface area contributed by atoms with Crippen LogP contribution in [0.15, 0.2) is 4.99 Å². The van der Waals surface area contributed by atoms with Crippen LogP contribution in [0.5, 0.6) is 0 Å². The molecule has 0 aromatic carbocycles. The lowest BCUT2D eigenvalue weighted by Gasteiger charge is -2.13. The van der Waals surface area contributed by atoms with Crippen LogP contribution in [-0.4, -0.2) is 47.2 Å². The molecule has 0 bridgehead atoms. The van der Waals surface area contributed by atoms with Gasteiger partial charge in [-0.15, -0.1) is 0 Å². The molecule has 5 heteroatoms. The van der Waals surface area contributed by atoms with E-state index in [1.807, 2.05) is 11.9 Å². The van der Waals surface area contributed by atoms with Crippen molar-refractivity contribution in [1.82, 2.24) is 4.90 Å². The van der Waals surface area contributed by atoms with Gasteiger partial charge in [0.2, 0.25) is 0 Å². The summed E-state index contributed by atoms with van der Waals surface area (Å²) >= 11 is 3.95. The van der Waals surface area contributed by atoms with Gasteiger partial charge in [-0.05, 0) is 6.42 Å². The van der Waals surface area contributed by atoms with Crippen molar-refractivity contribution in [3.05, 3.63) is 0 Å². The summed E-state index contributed by atoms with van der Waals surface area (Å²) in [5.74, 6) is 0.247. The number of rotatable bonds is 3. The molecule has 1 saturated heterocycles. The van der Waals surface area contributed by atoms with Crippen molar-refractivity contribution in [3.8, 4) is 0 Å². The molecule has 0 aromatic rings. The van der Waals surface area contributed by atoms with E-state index in [0.717, 1.165) is 25.2 Å². The Balaban J connectivity index is 2.66. The summed E-state index contributed by atoms with van der Waals surface area (Å²) in [6.07, 6.45) is 1.95. The average Bonchev–Trinajstić information content (AvgIpc) is 2.46. The molecule has 13 heavy (non-hydrogen) atoms. The summed E-state index contributed by atoms with van der Waals surface area (Å²) in [4.78, 5) is 16.8. The van der Waals surface area contributed by atoms with Crippen LogP contribution < -0.4 is 0 Å². The van der Waals surface area contributed by atoms with Crippen molar-refractivity contribution in [3.63, 3.8) is 0 Å². The third-order valence-corrected chi connectivity index (χ3v) is 2.44. The number of hydrogen-bond acceptors (Lipinski definition) is 3. The molecule has 74 valence electrons. The number of carbonyl (C=O) groups is 1. The summed E-state index contributed by atoms with van der Waals surface area (Å²) in [5, 5.41) is 8.75. The van der Waals surface area contributed by atoms with E-state index in [-0.39, 0.29) is 5.75 Å². The average molecular weight is 202 g/mol. The maximum Gasteiger partial charge on any atom is 0.329 e. The highest BCUT2D eigenvalue weighted by Gasteiger charge is 2.19. The topological polar surface area (TPSA) is 52.9 Å². The first kappa shape index (κ1) is 10.4. The molecule has 0 spiro atoms. The monoisotopic (exact) mass is 202 g/mol. The van der Waals surface area contributed by atoms with E-state index in [4.69, 9.17) is 5.11 Å². The number of aliphatic carboxylic acids is 1. The largest absolute Gasteiger partial charge is 0.480 e. The van der Waals surface area contributed by atoms with Gasteiger partial charge in [-0.25, -0.2) is 4.79 Å². The van der Waals surface area contributed by atoms with Gasteiger partial charge >= 0.3 is 5.97 Å². The van der Waals surface area contributed by atoms with Gasteiger partial charge < -0.3 is 10.0 Å². The van der Waals surface area contributed by atoms with Crippen LogP contribution >= 0.6 is 12.6 Å². The van der Waals surface area contributed by atoms with E-state index in [1.165, 1.54) is 0 Å². The number of aliphatic imine (C=N–C) groups is 1. The van der Waals surface area contributed by atoms with Crippen molar-refractivity contribution in [2.45, 2.75) is 18.9 Å². The molecule has 1 aliphatic heterocycles. The fraction of sp³-hybridized carbons (Fsp3) is 0.750. The first-order chi connectivity index (χ1) is 6.15. The smallest absolute Gasteiger partial charge is 0.329 e. The molecule has 1 atom stereocenters. The van der Waals surface area contributed by atoms with Gasteiger partial charge in [0.15, 0.2) is 6.04 Å². The first-order valence-electron chi connectivity index (χ1n) is 4.26. The van der Waals surface area contributed by atoms with E-state index in [0.29, 0.717) is 0 Å². The molecule has 1 N–H and O–H groups in total. The molecule has 1 fully saturated rings. The standard InChI is InChI=1S/C8H14N2O2S/c1-10-4-2-3-7(10)9-6(5-13)8(11)12/h6,13H,2-5H2,1H3,(H,11,12)/t6-/m0/s1.